The lowest BCUT2D eigenvalue weighted by atomic mass is 9.90. The first kappa shape index (κ1) is 12.1. The first-order chi connectivity index (χ1) is 8.18. The van der Waals surface area contributed by atoms with E-state index in [1.165, 1.54) is 5.56 Å². The number of carbonyl (C=O) groups is 1. The molecule has 2 rings (SSSR count). The average molecular weight is 234 g/mol. The van der Waals surface area contributed by atoms with Gasteiger partial charge in [-0.25, -0.2) is 0 Å². The summed E-state index contributed by atoms with van der Waals surface area (Å²) in [5, 5.41) is 0. The van der Waals surface area contributed by atoms with Crippen molar-refractivity contribution in [2.24, 2.45) is 5.41 Å². The van der Waals surface area contributed by atoms with Gasteiger partial charge >= 0.3 is 5.97 Å². The zero-order valence-corrected chi connectivity index (χ0v) is 10.1. The van der Waals surface area contributed by atoms with E-state index in [-0.39, 0.29) is 11.4 Å². The maximum Gasteiger partial charge on any atom is 0.306 e. The van der Waals surface area contributed by atoms with Gasteiger partial charge in [0.25, 0.3) is 0 Å². The molecule has 0 atom stereocenters. The molecule has 1 aliphatic rings. The highest BCUT2D eigenvalue weighted by molar-refractivity contribution is 5.69. The molecule has 1 aliphatic heterocycles. The van der Waals surface area contributed by atoms with Crippen LogP contribution in [0.15, 0.2) is 30.3 Å². The SMILES string of the molecule is CC1(COC(=O)CCc2ccccc2)COC1. The van der Waals surface area contributed by atoms with Crippen LogP contribution in [0.3, 0.4) is 0 Å². The lowest BCUT2D eigenvalue weighted by molar-refractivity contribution is -0.165. The normalized spacial score (nSPS) is 17.2. The van der Waals surface area contributed by atoms with Crippen LogP contribution >= 0.6 is 0 Å². The van der Waals surface area contributed by atoms with Gasteiger partial charge in [0.1, 0.15) is 6.61 Å². The molecule has 1 aromatic carbocycles. The van der Waals surface area contributed by atoms with Crippen molar-refractivity contribution in [1.29, 1.82) is 0 Å². The smallest absolute Gasteiger partial charge is 0.306 e. The van der Waals surface area contributed by atoms with Gasteiger partial charge in [-0.1, -0.05) is 37.3 Å². The number of benzene rings is 1. The largest absolute Gasteiger partial charge is 0.465 e. The highest BCUT2D eigenvalue weighted by atomic mass is 16.5. The Labute approximate surface area is 102 Å². The molecule has 0 amide bonds. The molecular weight excluding hydrogens is 216 g/mol. The monoisotopic (exact) mass is 234 g/mol. The summed E-state index contributed by atoms with van der Waals surface area (Å²) in [6.07, 6.45) is 1.19. The summed E-state index contributed by atoms with van der Waals surface area (Å²) in [5.41, 5.74) is 1.21. The first-order valence-electron chi connectivity index (χ1n) is 5.95. The Hall–Kier alpha value is -1.35. The van der Waals surface area contributed by atoms with Gasteiger partial charge in [-0.15, -0.1) is 0 Å². The molecule has 0 saturated carbocycles. The van der Waals surface area contributed by atoms with Gasteiger partial charge in [0.15, 0.2) is 0 Å². The lowest BCUT2D eigenvalue weighted by Gasteiger charge is -2.37. The number of rotatable bonds is 5. The second kappa shape index (κ2) is 5.32. The zero-order chi connectivity index (χ0) is 12.1. The van der Waals surface area contributed by atoms with Crippen LogP contribution in [-0.4, -0.2) is 25.8 Å². The minimum absolute atomic E-state index is 0.0441. The second-order valence-corrected chi connectivity index (χ2v) is 4.95. The van der Waals surface area contributed by atoms with Gasteiger partial charge in [-0.05, 0) is 12.0 Å². The molecule has 1 fully saturated rings. The number of hydrogen-bond donors (Lipinski definition) is 0. The van der Waals surface area contributed by atoms with Crippen molar-refractivity contribution >= 4 is 5.97 Å². The van der Waals surface area contributed by atoms with Gasteiger partial charge in [0, 0.05) is 11.8 Å². The van der Waals surface area contributed by atoms with E-state index in [0.717, 1.165) is 6.42 Å². The fourth-order valence-electron chi connectivity index (χ4n) is 1.75. The summed E-state index contributed by atoms with van der Waals surface area (Å²) >= 11 is 0. The molecule has 0 spiro atoms. The van der Waals surface area contributed by atoms with Crippen molar-refractivity contribution in [3.8, 4) is 0 Å². The molecule has 3 nitrogen and oxygen atoms in total. The quantitative estimate of drug-likeness (QED) is 0.733. The second-order valence-electron chi connectivity index (χ2n) is 4.95. The van der Waals surface area contributed by atoms with E-state index in [1.807, 2.05) is 30.3 Å². The van der Waals surface area contributed by atoms with Gasteiger partial charge in [0.05, 0.1) is 13.2 Å². The van der Waals surface area contributed by atoms with Crippen molar-refractivity contribution in [3.05, 3.63) is 35.9 Å². The van der Waals surface area contributed by atoms with Crippen molar-refractivity contribution in [3.63, 3.8) is 0 Å². The van der Waals surface area contributed by atoms with E-state index >= 15 is 0 Å². The molecule has 0 N–H and O–H groups in total. The van der Waals surface area contributed by atoms with E-state index in [4.69, 9.17) is 9.47 Å². The summed E-state index contributed by atoms with van der Waals surface area (Å²) < 4.78 is 10.4. The molecule has 17 heavy (non-hydrogen) atoms. The summed E-state index contributed by atoms with van der Waals surface area (Å²) in [7, 11) is 0. The third kappa shape index (κ3) is 3.56. The third-order valence-electron chi connectivity index (χ3n) is 2.94. The van der Waals surface area contributed by atoms with Crippen LogP contribution in [0.5, 0.6) is 0 Å². The van der Waals surface area contributed by atoms with Crippen LogP contribution in [-0.2, 0) is 20.7 Å². The van der Waals surface area contributed by atoms with Crippen molar-refractivity contribution in [1.82, 2.24) is 0 Å². The topological polar surface area (TPSA) is 35.5 Å². The van der Waals surface area contributed by atoms with E-state index < -0.39 is 0 Å². The van der Waals surface area contributed by atoms with Gasteiger partial charge in [0.2, 0.25) is 0 Å². The van der Waals surface area contributed by atoms with Gasteiger partial charge < -0.3 is 9.47 Å². The number of esters is 1. The Morgan fingerprint density at radius 2 is 2.06 bits per heavy atom. The third-order valence-corrected chi connectivity index (χ3v) is 2.94. The summed E-state index contributed by atoms with van der Waals surface area (Å²) in [6.45, 7) is 3.93. The number of carbonyl (C=O) groups excluding carboxylic acids is 1. The predicted molar refractivity (Wildman–Crippen MR) is 64.6 cm³/mol. The van der Waals surface area contributed by atoms with E-state index in [1.54, 1.807) is 0 Å². The molecule has 92 valence electrons. The number of hydrogen-bond acceptors (Lipinski definition) is 3. The Balaban J connectivity index is 1.67. The fourth-order valence-corrected chi connectivity index (χ4v) is 1.75. The molecule has 0 aromatic heterocycles. The van der Waals surface area contributed by atoms with Gasteiger partial charge in [-0.2, -0.15) is 0 Å². The number of ether oxygens (including phenoxy) is 2. The molecular formula is C14H18O3. The van der Waals surface area contributed by atoms with Crippen molar-refractivity contribution < 1.29 is 14.3 Å². The first-order valence-corrected chi connectivity index (χ1v) is 5.95. The predicted octanol–water partition coefficient (Wildman–Crippen LogP) is 2.20. The molecule has 0 unspecified atom stereocenters. The molecule has 0 bridgehead atoms. The Morgan fingerprint density at radius 3 is 2.65 bits per heavy atom. The average Bonchev–Trinajstić information content (AvgIpc) is 2.33. The summed E-state index contributed by atoms with van der Waals surface area (Å²) in [6, 6.07) is 9.97. The molecule has 0 radical (unpaired) electrons. The summed E-state index contributed by atoms with van der Waals surface area (Å²) in [5.74, 6) is -0.123. The Morgan fingerprint density at radius 1 is 1.35 bits per heavy atom. The zero-order valence-electron chi connectivity index (χ0n) is 10.1. The molecule has 1 aromatic rings. The van der Waals surface area contributed by atoms with Crippen LogP contribution in [0.4, 0.5) is 0 Å². The highest BCUT2D eigenvalue weighted by Crippen LogP contribution is 2.26. The van der Waals surface area contributed by atoms with Crippen LogP contribution in [0.25, 0.3) is 0 Å². The van der Waals surface area contributed by atoms with Crippen LogP contribution in [0, 0.1) is 5.41 Å². The van der Waals surface area contributed by atoms with E-state index in [0.29, 0.717) is 26.2 Å². The maximum atomic E-state index is 11.5. The molecule has 1 heterocycles. The fraction of sp³-hybridized carbons (Fsp3) is 0.500. The minimum Gasteiger partial charge on any atom is -0.465 e. The maximum absolute atomic E-state index is 11.5. The Kier molecular flexibility index (Phi) is 3.79. The standard InChI is InChI=1S/C14H18O3/c1-14(9-16-10-14)11-17-13(15)8-7-12-5-3-2-4-6-12/h2-6H,7-11H2,1H3. The van der Waals surface area contributed by atoms with Crippen molar-refractivity contribution in [2.45, 2.75) is 19.8 Å². The van der Waals surface area contributed by atoms with Crippen molar-refractivity contribution in [2.75, 3.05) is 19.8 Å². The lowest BCUT2D eigenvalue weighted by Crippen LogP contribution is -2.44. The minimum atomic E-state index is -0.123. The number of aryl methyl sites for hydroxylation is 1. The molecule has 3 heteroatoms. The van der Waals surface area contributed by atoms with Crippen LogP contribution in [0.2, 0.25) is 0 Å². The molecule has 1 saturated heterocycles. The van der Waals surface area contributed by atoms with Gasteiger partial charge in [-0.3, -0.25) is 4.79 Å². The summed E-state index contributed by atoms with van der Waals surface area (Å²) in [4.78, 5) is 11.5. The highest BCUT2D eigenvalue weighted by Gasteiger charge is 2.34. The van der Waals surface area contributed by atoms with Crippen LogP contribution in [0.1, 0.15) is 18.9 Å². The Bertz CT molecular complexity index is 368. The molecule has 0 aliphatic carbocycles. The van der Waals surface area contributed by atoms with Crippen LogP contribution < -0.4 is 0 Å². The van der Waals surface area contributed by atoms with E-state index in [9.17, 15) is 4.79 Å². The van der Waals surface area contributed by atoms with E-state index in [2.05, 4.69) is 6.92 Å².